The van der Waals surface area contributed by atoms with Gasteiger partial charge in [0.25, 0.3) is 0 Å². The lowest BCUT2D eigenvalue weighted by molar-refractivity contribution is -0.139. The first-order chi connectivity index (χ1) is 18.5. The molecule has 1 aliphatic heterocycles. The van der Waals surface area contributed by atoms with Crippen LogP contribution in [0.5, 0.6) is 0 Å². The van der Waals surface area contributed by atoms with Crippen LogP contribution in [0.1, 0.15) is 69.4 Å². The van der Waals surface area contributed by atoms with Gasteiger partial charge in [-0.15, -0.1) is 0 Å². The second-order valence-corrected chi connectivity index (χ2v) is 10.8. The zero-order valence-electron chi connectivity index (χ0n) is 22.7. The van der Waals surface area contributed by atoms with E-state index < -0.39 is 6.04 Å². The van der Waals surface area contributed by atoms with Crippen LogP contribution in [0.25, 0.3) is 22.0 Å². The smallest absolute Gasteiger partial charge is 0.246 e. The molecule has 200 valence electrons. The third kappa shape index (κ3) is 5.44. The monoisotopic (exact) mass is 513 g/mol. The number of carbonyl (C=O) groups excluding carboxylic acids is 2. The van der Waals surface area contributed by atoms with Crippen LogP contribution in [0.4, 0.5) is 0 Å². The molecule has 2 N–H and O–H groups in total. The maximum Gasteiger partial charge on any atom is 0.246 e. The van der Waals surface area contributed by atoms with Gasteiger partial charge in [-0.2, -0.15) is 0 Å². The van der Waals surface area contributed by atoms with Gasteiger partial charge in [-0.3, -0.25) is 9.59 Å². The summed E-state index contributed by atoms with van der Waals surface area (Å²) in [6, 6.07) is 15.7. The largest absolute Gasteiger partial charge is 0.343 e. The summed E-state index contributed by atoms with van der Waals surface area (Å²) in [6.07, 6.45) is 7.13. The summed E-state index contributed by atoms with van der Waals surface area (Å²) in [5, 5.41) is 8.45. The first kappa shape index (κ1) is 26.3. The van der Waals surface area contributed by atoms with Gasteiger partial charge in [-0.1, -0.05) is 61.7 Å². The number of likely N-dealkylation sites (N-methyl/N-ethyl adjacent to an activating group) is 1. The van der Waals surface area contributed by atoms with Crippen LogP contribution >= 0.6 is 0 Å². The summed E-state index contributed by atoms with van der Waals surface area (Å²) >= 11 is 0. The van der Waals surface area contributed by atoms with Crippen LogP contribution in [-0.2, 0) is 9.59 Å². The number of fused-ring (bicyclic) bond motifs is 1. The van der Waals surface area contributed by atoms with E-state index in [1.54, 1.807) is 7.05 Å². The molecule has 1 aromatic heterocycles. The zero-order valence-corrected chi connectivity index (χ0v) is 22.7. The van der Waals surface area contributed by atoms with E-state index in [-0.39, 0.29) is 29.8 Å². The van der Waals surface area contributed by atoms with Gasteiger partial charge in [0.05, 0.1) is 23.5 Å². The molecule has 2 amide bonds. The maximum atomic E-state index is 14.1. The molecule has 1 saturated heterocycles. The van der Waals surface area contributed by atoms with Gasteiger partial charge in [0.1, 0.15) is 11.9 Å². The minimum absolute atomic E-state index is 0.0269. The number of aromatic nitrogens is 2. The Hall–Kier alpha value is -3.32. The van der Waals surface area contributed by atoms with Crippen molar-refractivity contribution in [1.29, 1.82) is 0 Å². The Morgan fingerprint density at radius 1 is 0.974 bits per heavy atom. The summed E-state index contributed by atoms with van der Waals surface area (Å²) in [4.78, 5) is 38.6. The van der Waals surface area contributed by atoms with E-state index in [1.807, 2.05) is 30.9 Å². The zero-order chi connectivity index (χ0) is 26.6. The average Bonchev–Trinajstić information content (AvgIpc) is 3.45. The minimum Gasteiger partial charge on any atom is -0.343 e. The third-order valence-electron chi connectivity index (χ3n) is 8.31. The highest BCUT2D eigenvalue weighted by molar-refractivity contribution is 5.96. The van der Waals surface area contributed by atoms with E-state index in [4.69, 9.17) is 9.97 Å². The lowest BCUT2D eigenvalue weighted by Gasteiger charge is -2.35. The van der Waals surface area contributed by atoms with Crippen molar-refractivity contribution in [2.45, 2.75) is 76.9 Å². The number of aryl methyl sites for hydroxylation is 1. The highest BCUT2D eigenvalue weighted by Gasteiger charge is 2.39. The van der Waals surface area contributed by atoms with Gasteiger partial charge in [0.15, 0.2) is 0 Å². The van der Waals surface area contributed by atoms with E-state index in [1.165, 1.54) is 11.8 Å². The van der Waals surface area contributed by atoms with Crippen molar-refractivity contribution in [3.8, 4) is 11.3 Å². The van der Waals surface area contributed by atoms with Crippen LogP contribution in [0.3, 0.4) is 0 Å². The molecule has 3 aromatic rings. The number of hydrogen-bond donors (Lipinski definition) is 2. The third-order valence-corrected chi connectivity index (χ3v) is 8.31. The first-order valence-corrected chi connectivity index (χ1v) is 14.1. The predicted molar refractivity (Wildman–Crippen MR) is 150 cm³/mol. The molecule has 0 bridgehead atoms. The van der Waals surface area contributed by atoms with E-state index in [0.29, 0.717) is 12.4 Å². The molecule has 1 aliphatic carbocycles. The number of rotatable bonds is 7. The molecule has 1 unspecified atom stereocenters. The first-order valence-electron chi connectivity index (χ1n) is 14.1. The second kappa shape index (κ2) is 11.6. The predicted octanol–water partition coefficient (Wildman–Crippen LogP) is 4.94. The number of benzene rings is 2. The number of hydrogen-bond acceptors (Lipinski definition) is 5. The van der Waals surface area contributed by atoms with Crippen LogP contribution in [0.15, 0.2) is 48.5 Å². The summed E-state index contributed by atoms with van der Waals surface area (Å²) < 4.78 is 0. The molecule has 2 heterocycles. The van der Waals surface area contributed by atoms with Crippen molar-refractivity contribution >= 4 is 22.6 Å². The molecule has 2 fully saturated rings. The van der Waals surface area contributed by atoms with Crippen molar-refractivity contribution in [2.24, 2.45) is 5.92 Å². The lowest BCUT2D eigenvalue weighted by atomic mass is 9.83. The molecular weight excluding hydrogens is 474 g/mol. The Labute approximate surface area is 225 Å². The Morgan fingerprint density at radius 2 is 1.74 bits per heavy atom. The topological polar surface area (TPSA) is 87.2 Å². The van der Waals surface area contributed by atoms with E-state index in [0.717, 1.165) is 60.9 Å². The van der Waals surface area contributed by atoms with Crippen LogP contribution in [0, 0.1) is 12.8 Å². The molecule has 38 heavy (non-hydrogen) atoms. The number of nitrogens with zero attached hydrogens (tertiary/aromatic N) is 3. The molecule has 2 aliphatic rings. The SMILES string of the molecule is CNC(C)C(=O)N[C@H](C(=O)N1CCC[C@H]1c1cc(-c2cccc3ccccc23)nc(C)n1)C1CCCCC1. The number of nitrogens with one attached hydrogen (secondary N) is 2. The quantitative estimate of drug-likeness (QED) is 0.467. The Balaban J connectivity index is 1.46. The second-order valence-electron chi connectivity index (χ2n) is 10.8. The van der Waals surface area contributed by atoms with Gasteiger partial charge in [-0.05, 0) is 69.3 Å². The standard InChI is InChI=1S/C31H39N5O2/c1-20(32-3)30(37)35-29(23-12-5-4-6-13-23)31(38)36-18-10-17-28(36)27-19-26(33-21(2)34-27)25-16-9-14-22-11-7-8-15-24(22)25/h7-9,11,14-16,19-20,23,28-29,32H,4-6,10,12-13,17-18H2,1-3H3,(H,35,37)/t20?,28-,29-/m0/s1. The van der Waals surface area contributed by atoms with E-state index in [9.17, 15) is 9.59 Å². The fraction of sp³-hybridized carbons (Fsp3) is 0.484. The molecular formula is C31H39N5O2. The van der Waals surface area contributed by atoms with Crippen molar-refractivity contribution < 1.29 is 9.59 Å². The summed E-state index contributed by atoms with van der Waals surface area (Å²) in [5.41, 5.74) is 2.83. The molecule has 0 radical (unpaired) electrons. The number of carbonyl (C=O) groups is 2. The normalized spacial score (nSPS) is 19.9. The van der Waals surface area contributed by atoms with Gasteiger partial charge >= 0.3 is 0 Å². The van der Waals surface area contributed by atoms with Crippen LogP contribution in [0.2, 0.25) is 0 Å². The average molecular weight is 514 g/mol. The van der Waals surface area contributed by atoms with Gasteiger partial charge in [0, 0.05) is 12.1 Å². The Morgan fingerprint density at radius 3 is 2.53 bits per heavy atom. The van der Waals surface area contributed by atoms with Crippen molar-refractivity contribution in [3.63, 3.8) is 0 Å². The van der Waals surface area contributed by atoms with Gasteiger partial charge in [-0.25, -0.2) is 9.97 Å². The summed E-state index contributed by atoms with van der Waals surface area (Å²) in [6.45, 7) is 4.43. The van der Waals surface area contributed by atoms with Gasteiger partial charge in [0.2, 0.25) is 11.8 Å². The number of amides is 2. The molecule has 3 atom stereocenters. The van der Waals surface area contributed by atoms with Crippen LogP contribution < -0.4 is 10.6 Å². The van der Waals surface area contributed by atoms with Gasteiger partial charge < -0.3 is 15.5 Å². The molecule has 5 rings (SSSR count). The Bertz CT molecular complexity index is 1300. The van der Waals surface area contributed by atoms with E-state index >= 15 is 0 Å². The lowest BCUT2D eigenvalue weighted by Crippen LogP contribution is -2.55. The molecule has 7 nitrogen and oxygen atoms in total. The fourth-order valence-electron chi connectivity index (χ4n) is 6.12. The van der Waals surface area contributed by atoms with Crippen LogP contribution in [-0.4, -0.2) is 52.4 Å². The van der Waals surface area contributed by atoms with Crippen molar-refractivity contribution in [1.82, 2.24) is 25.5 Å². The highest BCUT2D eigenvalue weighted by Crippen LogP contribution is 2.36. The Kier molecular flexibility index (Phi) is 8.03. The van der Waals surface area contributed by atoms with Crippen molar-refractivity contribution in [3.05, 3.63) is 60.0 Å². The number of likely N-dealkylation sites (tertiary alicyclic amines) is 1. The maximum absolute atomic E-state index is 14.1. The molecule has 1 saturated carbocycles. The fourth-order valence-corrected chi connectivity index (χ4v) is 6.12. The minimum atomic E-state index is -0.500. The van der Waals surface area contributed by atoms with E-state index in [2.05, 4.69) is 47.0 Å². The summed E-state index contributed by atoms with van der Waals surface area (Å²) in [7, 11) is 1.77. The molecule has 0 spiro atoms. The molecule has 2 aromatic carbocycles. The van der Waals surface area contributed by atoms with Crippen molar-refractivity contribution in [2.75, 3.05) is 13.6 Å². The highest BCUT2D eigenvalue weighted by atomic mass is 16.2. The summed E-state index contributed by atoms with van der Waals surface area (Å²) in [5.74, 6) is 0.774. The molecule has 7 heteroatoms.